The zero-order valence-electron chi connectivity index (χ0n) is 20.0. The van der Waals surface area contributed by atoms with E-state index in [9.17, 15) is 4.79 Å². The Morgan fingerprint density at radius 2 is 1.44 bits per heavy atom. The van der Waals surface area contributed by atoms with E-state index < -0.39 is 5.60 Å². The predicted octanol–water partition coefficient (Wildman–Crippen LogP) is 7.43. The molecule has 4 aromatic rings. The first-order valence-electron chi connectivity index (χ1n) is 11.6. The molecular weight excluding hydrogens is 396 g/mol. The molecule has 0 fully saturated rings. The van der Waals surface area contributed by atoms with Crippen LogP contribution in [0.3, 0.4) is 0 Å². The number of esters is 1. The third-order valence-corrected chi connectivity index (χ3v) is 6.08. The lowest BCUT2D eigenvalue weighted by molar-refractivity contribution is -0.159. The lowest BCUT2D eigenvalue weighted by Gasteiger charge is -2.27. The van der Waals surface area contributed by atoms with Crippen LogP contribution in [0.2, 0.25) is 0 Å². The van der Waals surface area contributed by atoms with E-state index >= 15 is 0 Å². The molecule has 0 saturated carbocycles. The molecular formula is C29H34O3. The van der Waals surface area contributed by atoms with Crippen LogP contribution in [0.1, 0.15) is 59.4 Å². The molecule has 0 radical (unpaired) electrons. The van der Waals surface area contributed by atoms with Crippen LogP contribution in [0.15, 0.2) is 54.6 Å². The topological polar surface area (TPSA) is 35.5 Å². The Morgan fingerprint density at radius 1 is 0.812 bits per heavy atom. The first kappa shape index (κ1) is 22.5. The van der Waals surface area contributed by atoms with Crippen LogP contribution in [0, 0.1) is 0 Å². The Hall–Kier alpha value is -2.65. The van der Waals surface area contributed by atoms with E-state index in [-0.39, 0.29) is 11.6 Å². The van der Waals surface area contributed by atoms with Crippen molar-refractivity contribution in [1.29, 1.82) is 0 Å². The summed E-state index contributed by atoms with van der Waals surface area (Å²) in [6, 6.07) is 19.7. The Bertz CT molecular complexity index is 1210. The highest BCUT2D eigenvalue weighted by atomic mass is 16.6. The van der Waals surface area contributed by atoms with Crippen molar-refractivity contribution in [3.63, 3.8) is 0 Å². The highest BCUT2D eigenvalue weighted by Crippen LogP contribution is 2.36. The average Bonchev–Trinajstić information content (AvgIpc) is 2.71. The quantitative estimate of drug-likeness (QED) is 0.215. The summed E-state index contributed by atoms with van der Waals surface area (Å²) in [4.78, 5) is 12.5. The van der Waals surface area contributed by atoms with Crippen LogP contribution in [0.5, 0.6) is 0 Å². The second-order valence-electron chi connectivity index (χ2n) is 10.4. The predicted molar refractivity (Wildman–Crippen MR) is 134 cm³/mol. The van der Waals surface area contributed by atoms with Crippen LogP contribution in [0.25, 0.3) is 32.3 Å². The van der Waals surface area contributed by atoms with E-state index in [1.165, 1.54) is 37.9 Å². The Morgan fingerprint density at radius 3 is 2.12 bits per heavy atom. The minimum Gasteiger partial charge on any atom is -0.460 e. The van der Waals surface area contributed by atoms with Crippen LogP contribution in [0.4, 0.5) is 0 Å². The van der Waals surface area contributed by atoms with Gasteiger partial charge in [0.2, 0.25) is 0 Å². The summed E-state index contributed by atoms with van der Waals surface area (Å²) in [6.07, 6.45) is 2.74. The monoisotopic (exact) mass is 430 g/mol. The lowest BCUT2D eigenvalue weighted by atomic mass is 9.90. The third kappa shape index (κ3) is 5.05. The third-order valence-electron chi connectivity index (χ3n) is 6.08. The molecule has 3 heteroatoms. The summed E-state index contributed by atoms with van der Waals surface area (Å²) < 4.78 is 11.5. The van der Waals surface area contributed by atoms with Crippen molar-refractivity contribution in [3.8, 4) is 0 Å². The van der Waals surface area contributed by atoms with Crippen LogP contribution in [-0.4, -0.2) is 23.8 Å². The summed E-state index contributed by atoms with van der Waals surface area (Å²) in [6.45, 7) is 10.6. The van der Waals surface area contributed by atoms with Gasteiger partial charge in [-0.05, 0) is 85.3 Å². The van der Waals surface area contributed by atoms with Crippen LogP contribution >= 0.6 is 0 Å². The minimum atomic E-state index is -0.519. The zero-order chi connectivity index (χ0) is 22.9. The molecule has 32 heavy (non-hydrogen) atoms. The molecule has 0 unspecified atom stereocenters. The van der Waals surface area contributed by atoms with Gasteiger partial charge in [0.15, 0.2) is 0 Å². The van der Waals surface area contributed by atoms with Crippen molar-refractivity contribution >= 4 is 38.3 Å². The summed E-state index contributed by atoms with van der Waals surface area (Å²) in [5.41, 5.74) is 0.595. The van der Waals surface area contributed by atoms with Crippen molar-refractivity contribution in [2.75, 3.05) is 6.61 Å². The molecule has 3 nitrogen and oxygen atoms in total. The van der Waals surface area contributed by atoms with E-state index in [1.54, 1.807) is 0 Å². The Kier molecular flexibility index (Phi) is 6.13. The number of hydrogen-bond acceptors (Lipinski definition) is 3. The molecule has 0 saturated heterocycles. The molecule has 0 heterocycles. The van der Waals surface area contributed by atoms with Crippen LogP contribution in [-0.2, 0) is 20.7 Å². The maximum absolute atomic E-state index is 12.5. The summed E-state index contributed by atoms with van der Waals surface area (Å²) in [5.74, 6) is -0.136. The van der Waals surface area contributed by atoms with E-state index in [4.69, 9.17) is 9.47 Å². The van der Waals surface area contributed by atoms with E-state index in [1.807, 2.05) is 34.6 Å². The normalized spacial score (nSPS) is 12.8. The molecule has 0 aromatic heterocycles. The van der Waals surface area contributed by atoms with Gasteiger partial charge in [-0.2, -0.15) is 0 Å². The number of rotatable bonds is 8. The molecule has 0 amide bonds. The molecule has 0 aliphatic rings. The highest BCUT2D eigenvalue weighted by molar-refractivity contribution is 6.23. The maximum Gasteiger partial charge on any atom is 0.306 e. The molecule has 168 valence electrons. The molecule has 0 aliphatic carbocycles. The fourth-order valence-corrected chi connectivity index (χ4v) is 4.45. The van der Waals surface area contributed by atoms with Crippen molar-refractivity contribution in [3.05, 3.63) is 60.2 Å². The van der Waals surface area contributed by atoms with Gasteiger partial charge in [-0.1, -0.05) is 54.6 Å². The molecule has 0 N–H and O–H groups in total. The highest BCUT2D eigenvalue weighted by Gasteiger charge is 2.24. The van der Waals surface area contributed by atoms with E-state index in [0.29, 0.717) is 19.4 Å². The van der Waals surface area contributed by atoms with Gasteiger partial charge < -0.3 is 9.47 Å². The first-order valence-corrected chi connectivity index (χ1v) is 11.6. The summed E-state index contributed by atoms with van der Waals surface area (Å²) >= 11 is 0. The molecule has 0 spiro atoms. The maximum atomic E-state index is 12.5. The largest absolute Gasteiger partial charge is 0.460 e. The van der Waals surface area contributed by atoms with Crippen molar-refractivity contribution in [2.45, 2.75) is 71.5 Å². The van der Waals surface area contributed by atoms with E-state index in [2.05, 4.69) is 54.6 Å². The smallest absolute Gasteiger partial charge is 0.306 e. The zero-order valence-corrected chi connectivity index (χ0v) is 20.0. The fourth-order valence-electron chi connectivity index (χ4n) is 4.45. The second-order valence-corrected chi connectivity index (χ2v) is 10.4. The number of carbonyl (C=O) groups excluding carboxylic acids is 1. The van der Waals surface area contributed by atoms with Gasteiger partial charge in [-0.15, -0.1) is 0 Å². The average molecular weight is 431 g/mol. The van der Waals surface area contributed by atoms with Gasteiger partial charge in [-0.25, -0.2) is 0 Å². The number of aryl methyl sites for hydroxylation is 1. The molecule has 4 rings (SSSR count). The molecule has 4 aromatic carbocycles. The van der Waals surface area contributed by atoms with Crippen molar-refractivity contribution < 1.29 is 14.3 Å². The summed E-state index contributed by atoms with van der Waals surface area (Å²) in [7, 11) is 0. The van der Waals surface area contributed by atoms with Gasteiger partial charge in [0.05, 0.1) is 12.2 Å². The minimum absolute atomic E-state index is 0.136. The summed E-state index contributed by atoms with van der Waals surface area (Å²) in [5, 5.41) is 7.79. The van der Waals surface area contributed by atoms with Gasteiger partial charge in [0.25, 0.3) is 0 Å². The van der Waals surface area contributed by atoms with Gasteiger partial charge in [-0.3, -0.25) is 4.79 Å². The first-order chi connectivity index (χ1) is 15.1. The Balaban J connectivity index is 1.41. The Labute approximate surface area is 191 Å². The standard InChI is InChI=1S/C29H34O3/c1-28(2,3)31-19-18-29(4,5)32-25(30)11-7-8-20-12-13-23-15-14-21-9-6-10-22-16-17-24(20)27(23)26(21)22/h6,9-10,12-17H,7-8,11,18-19H2,1-5H3. The van der Waals surface area contributed by atoms with Gasteiger partial charge in [0.1, 0.15) is 5.60 Å². The number of carbonyl (C=O) groups is 1. The second kappa shape index (κ2) is 8.71. The molecule has 0 aliphatic heterocycles. The number of hydrogen-bond donors (Lipinski definition) is 0. The van der Waals surface area contributed by atoms with Crippen LogP contribution < -0.4 is 0 Å². The van der Waals surface area contributed by atoms with Crippen molar-refractivity contribution in [1.82, 2.24) is 0 Å². The van der Waals surface area contributed by atoms with Crippen molar-refractivity contribution in [2.24, 2.45) is 0 Å². The van der Waals surface area contributed by atoms with E-state index in [0.717, 1.165) is 12.8 Å². The SMILES string of the molecule is CC(C)(C)OCCC(C)(C)OC(=O)CCCc1ccc2ccc3cccc4ccc1c2c34. The molecule has 0 atom stereocenters. The van der Waals surface area contributed by atoms with Gasteiger partial charge in [0, 0.05) is 12.8 Å². The lowest BCUT2D eigenvalue weighted by Crippen LogP contribution is -2.31. The number of benzene rings is 4. The number of ether oxygens (including phenoxy) is 2. The molecule has 0 bridgehead atoms. The fraction of sp³-hybridized carbons (Fsp3) is 0.414. The van der Waals surface area contributed by atoms with Gasteiger partial charge >= 0.3 is 5.97 Å².